The van der Waals surface area contributed by atoms with Crippen molar-refractivity contribution in [2.45, 2.75) is 19.3 Å². The molecule has 0 saturated carbocycles. The summed E-state index contributed by atoms with van der Waals surface area (Å²) >= 11 is 0. The third kappa shape index (κ3) is 3.13. The number of hydrogen-bond donors (Lipinski definition) is 1. The Morgan fingerprint density at radius 2 is 2.00 bits per heavy atom. The standard InChI is InChI=1S/C15H29N3O/c1-17-7-2-3-14(11-17)15(12-19-13-15)4-8-18-9-5-16-6-10-18/h14,16H,2-13H2,1H3. The summed E-state index contributed by atoms with van der Waals surface area (Å²) in [6.45, 7) is 10.6. The zero-order valence-electron chi connectivity index (χ0n) is 12.4. The van der Waals surface area contributed by atoms with Gasteiger partial charge in [-0.25, -0.2) is 0 Å². The maximum Gasteiger partial charge on any atom is 0.0548 e. The number of piperidine rings is 1. The van der Waals surface area contributed by atoms with Gasteiger partial charge in [-0.05, 0) is 45.3 Å². The molecule has 3 aliphatic rings. The van der Waals surface area contributed by atoms with E-state index in [1.54, 1.807) is 0 Å². The third-order valence-corrected chi connectivity index (χ3v) is 5.41. The monoisotopic (exact) mass is 267 g/mol. The van der Waals surface area contributed by atoms with E-state index in [0.29, 0.717) is 5.41 Å². The fraction of sp³-hybridized carbons (Fsp3) is 1.00. The van der Waals surface area contributed by atoms with Crippen molar-refractivity contribution in [1.29, 1.82) is 0 Å². The molecular weight excluding hydrogens is 238 g/mol. The first-order valence-electron chi connectivity index (χ1n) is 7.98. The minimum Gasteiger partial charge on any atom is -0.380 e. The second kappa shape index (κ2) is 6.08. The molecule has 0 aromatic rings. The van der Waals surface area contributed by atoms with Gasteiger partial charge in [0.2, 0.25) is 0 Å². The molecule has 3 rings (SSSR count). The van der Waals surface area contributed by atoms with Gasteiger partial charge in [-0.3, -0.25) is 0 Å². The molecule has 1 atom stereocenters. The zero-order valence-corrected chi connectivity index (χ0v) is 12.4. The van der Waals surface area contributed by atoms with Crippen LogP contribution in [-0.4, -0.2) is 75.9 Å². The van der Waals surface area contributed by atoms with Crippen LogP contribution >= 0.6 is 0 Å². The molecule has 3 saturated heterocycles. The van der Waals surface area contributed by atoms with Crippen molar-refractivity contribution in [2.24, 2.45) is 11.3 Å². The number of piperazine rings is 1. The number of nitrogens with zero attached hydrogens (tertiary/aromatic N) is 2. The Bertz CT molecular complexity index is 287. The lowest BCUT2D eigenvalue weighted by molar-refractivity contribution is -0.162. The molecule has 3 aliphatic heterocycles. The Morgan fingerprint density at radius 3 is 2.63 bits per heavy atom. The third-order valence-electron chi connectivity index (χ3n) is 5.41. The summed E-state index contributed by atoms with van der Waals surface area (Å²) in [5.41, 5.74) is 0.500. The maximum absolute atomic E-state index is 5.62. The average Bonchev–Trinajstić information content (AvgIpc) is 2.39. The van der Waals surface area contributed by atoms with E-state index in [0.717, 1.165) is 32.2 Å². The van der Waals surface area contributed by atoms with E-state index in [1.807, 2.05) is 0 Å². The summed E-state index contributed by atoms with van der Waals surface area (Å²) in [5.74, 6) is 0.864. The molecule has 0 radical (unpaired) electrons. The summed E-state index contributed by atoms with van der Waals surface area (Å²) < 4.78 is 5.62. The molecule has 1 unspecified atom stereocenters. The predicted octanol–water partition coefficient (Wildman–Crippen LogP) is 0.640. The topological polar surface area (TPSA) is 27.7 Å². The Kier molecular flexibility index (Phi) is 4.42. The molecule has 0 aromatic carbocycles. The number of likely N-dealkylation sites (tertiary alicyclic amines) is 1. The lowest BCUT2D eigenvalue weighted by Gasteiger charge is -2.51. The summed E-state index contributed by atoms with van der Waals surface area (Å²) in [5, 5.41) is 3.44. The van der Waals surface area contributed by atoms with Gasteiger partial charge in [0.05, 0.1) is 13.2 Å². The summed E-state index contributed by atoms with van der Waals surface area (Å²) in [7, 11) is 2.27. The van der Waals surface area contributed by atoms with Crippen LogP contribution in [0.4, 0.5) is 0 Å². The molecule has 3 fully saturated rings. The number of hydrogen-bond acceptors (Lipinski definition) is 4. The molecule has 0 spiro atoms. The van der Waals surface area contributed by atoms with Crippen molar-refractivity contribution >= 4 is 0 Å². The first-order chi connectivity index (χ1) is 9.28. The van der Waals surface area contributed by atoms with Crippen molar-refractivity contribution in [3.05, 3.63) is 0 Å². The van der Waals surface area contributed by atoms with Gasteiger partial charge in [0, 0.05) is 38.1 Å². The number of rotatable bonds is 4. The predicted molar refractivity (Wildman–Crippen MR) is 77.4 cm³/mol. The van der Waals surface area contributed by atoms with Gasteiger partial charge in [-0.2, -0.15) is 0 Å². The van der Waals surface area contributed by atoms with Crippen LogP contribution in [0.1, 0.15) is 19.3 Å². The minimum absolute atomic E-state index is 0.500. The Hall–Kier alpha value is -0.160. The number of ether oxygens (including phenoxy) is 1. The van der Waals surface area contributed by atoms with Crippen molar-refractivity contribution in [2.75, 3.05) is 66.1 Å². The van der Waals surface area contributed by atoms with Crippen LogP contribution in [0.3, 0.4) is 0 Å². The smallest absolute Gasteiger partial charge is 0.0548 e. The molecule has 4 nitrogen and oxygen atoms in total. The van der Waals surface area contributed by atoms with Crippen LogP contribution in [-0.2, 0) is 4.74 Å². The zero-order chi connectivity index (χ0) is 13.1. The van der Waals surface area contributed by atoms with E-state index < -0.39 is 0 Å². The molecule has 19 heavy (non-hydrogen) atoms. The highest BCUT2D eigenvalue weighted by molar-refractivity contribution is 4.95. The van der Waals surface area contributed by atoms with Gasteiger partial charge in [0.25, 0.3) is 0 Å². The highest BCUT2D eigenvalue weighted by Gasteiger charge is 2.46. The van der Waals surface area contributed by atoms with Gasteiger partial charge in [0.1, 0.15) is 0 Å². The van der Waals surface area contributed by atoms with E-state index in [9.17, 15) is 0 Å². The molecule has 1 N–H and O–H groups in total. The van der Waals surface area contributed by atoms with Gasteiger partial charge >= 0.3 is 0 Å². The fourth-order valence-electron chi connectivity index (χ4n) is 3.93. The van der Waals surface area contributed by atoms with Gasteiger partial charge in [-0.1, -0.05) is 0 Å². The average molecular weight is 267 g/mol. The van der Waals surface area contributed by atoms with E-state index in [-0.39, 0.29) is 0 Å². The molecule has 0 aromatic heterocycles. The fourth-order valence-corrected chi connectivity index (χ4v) is 3.93. The van der Waals surface area contributed by atoms with E-state index >= 15 is 0 Å². The van der Waals surface area contributed by atoms with Crippen molar-refractivity contribution in [1.82, 2.24) is 15.1 Å². The van der Waals surface area contributed by atoms with Crippen molar-refractivity contribution in [3.63, 3.8) is 0 Å². The van der Waals surface area contributed by atoms with Gasteiger partial charge in [-0.15, -0.1) is 0 Å². The molecule has 0 aliphatic carbocycles. The molecule has 0 bridgehead atoms. The highest BCUT2D eigenvalue weighted by Crippen LogP contribution is 2.43. The first-order valence-corrected chi connectivity index (χ1v) is 7.98. The Balaban J connectivity index is 1.53. The molecule has 110 valence electrons. The van der Waals surface area contributed by atoms with Crippen LogP contribution in [0.5, 0.6) is 0 Å². The molecule has 4 heteroatoms. The van der Waals surface area contributed by atoms with Crippen molar-refractivity contribution in [3.8, 4) is 0 Å². The van der Waals surface area contributed by atoms with Crippen molar-refractivity contribution < 1.29 is 4.74 Å². The van der Waals surface area contributed by atoms with E-state index in [2.05, 4.69) is 22.2 Å². The van der Waals surface area contributed by atoms with Crippen LogP contribution in [0.25, 0.3) is 0 Å². The van der Waals surface area contributed by atoms with E-state index in [4.69, 9.17) is 4.74 Å². The maximum atomic E-state index is 5.62. The summed E-state index contributed by atoms with van der Waals surface area (Å²) in [4.78, 5) is 5.14. The normalized spacial score (nSPS) is 33.0. The quantitative estimate of drug-likeness (QED) is 0.809. The lowest BCUT2D eigenvalue weighted by atomic mass is 9.68. The SMILES string of the molecule is CN1CCCC(C2(CCN3CCNCC3)COC2)C1. The minimum atomic E-state index is 0.500. The largest absolute Gasteiger partial charge is 0.380 e. The lowest BCUT2D eigenvalue weighted by Crippen LogP contribution is -2.55. The second-order valence-corrected chi connectivity index (χ2v) is 6.80. The summed E-state index contributed by atoms with van der Waals surface area (Å²) in [6.07, 6.45) is 4.12. The van der Waals surface area contributed by atoms with Gasteiger partial charge < -0.3 is 19.9 Å². The first kappa shape index (κ1) is 13.8. The Morgan fingerprint density at radius 1 is 1.21 bits per heavy atom. The second-order valence-electron chi connectivity index (χ2n) is 6.80. The van der Waals surface area contributed by atoms with E-state index in [1.165, 1.54) is 52.0 Å². The van der Waals surface area contributed by atoms with Crippen LogP contribution in [0.2, 0.25) is 0 Å². The molecule has 0 amide bonds. The number of nitrogens with one attached hydrogen (secondary N) is 1. The molecular formula is C15H29N3O. The summed E-state index contributed by atoms with van der Waals surface area (Å²) in [6, 6.07) is 0. The Labute approximate surface area is 117 Å². The van der Waals surface area contributed by atoms with Crippen LogP contribution < -0.4 is 5.32 Å². The van der Waals surface area contributed by atoms with Crippen LogP contribution in [0.15, 0.2) is 0 Å². The van der Waals surface area contributed by atoms with Crippen LogP contribution in [0, 0.1) is 11.3 Å². The highest BCUT2D eigenvalue weighted by atomic mass is 16.5. The molecule has 3 heterocycles. The van der Waals surface area contributed by atoms with Gasteiger partial charge in [0.15, 0.2) is 0 Å².